The van der Waals surface area contributed by atoms with Gasteiger partial charge in [0.25, 0.3) is 0 Å². The summed E-state index contributed by atoms with van der Waals surface area (Å²) in [7, 11) is 0. The first-order chi connectivity index (χ1) is 13.2. The average molecular weight is 360 g/mol. The molecule has 7 heteroatoms. The highest BCUT2D eigenvalue weighted by Crippen LogP contribution is 2.35. The van der Waals surface area contributed by atoms with E-state index in [2.05, 4.69) is 9.97 Å². The molecule has 0 saturated carbocycles. The molecule has 7 nitrogen and oxygen atoms in total. The Bertz CT molecular complexity index is 1200. The monoisotopic (exact) mass is 360 g/mol. The summed E-state index contributed by atoms with van der Waals surface area (Å²) in [4.78, 5) is 24.4. The molecule has 0 saturated heterocycles. The summed E-state index contributed by atoms with van der Waals surface area (Å²) in [5.74, 6) is 1.39. The molecule has 0 aliphatic carbocycles. The van der Waals surface area contributed by atoms with Crippen LogP contribution in [0.15, 0.2) is 59.5 Å². The maximum atomic E-state index is 12.5. The molecule has 1 N–H and O–H groups in total. The second-order valence-electron chi connectivity index (χ2n) is 6.38. The third kappa shape index (κ3) is 2.55. The van der Waals surface area contributed by atoms with Crippen molar-refractivity contribution in [3.05, 3.63) is 70.8 Å². The standard InChI is InChI=1S/C20H16N4O3/c1-12(13-5-3-2-4-6-13)24-19-18(23-20(24)25)21-10-15(22-19)14-7-8-16-17(9-14)27-11-26-16/h2-10,12H,11H2,1H3,(H,21,23,25)/t12-/m0/s1. The number of nitrogens with zero attached hydrogens (tertiary/aromatic N) is 3. The van der Waals surface area contributed by atoms with Crippen molar-refractivity contribution in [1.29, 1.82) is 0 Å². The molecule has 2 aromatic carbocycles. The van der Waals surface area contributed by atoms with Crippen LogP contribution in [0.2, 0.25) is 0 Å². The minimum atomic E-state index is -0.232. The Morgan fingerprint density at radius 1 is 1.11 bits per heavy atom. The average Bonchev–Trinajstić information content (AvgIpc) is 3.30. The van der Waals surface area contributed by atoms with Gasteiger partial charge in [0.1, 0.15) is 0 Å². The second-order valence-corrected chi connectivity index (χ2v) is 6.38. The third-order valence-corrected chi connectivity index (χ3v) is 4.76. The van der Waals surface area contributed by atoms with Crippen LogP contribution in [0.5, 0.6) is 11.5 Å². The maximum absolute atomic E-state index is 12.5. The molecular formula is C20H16N4O3. The van der Waals surface area contributed by atoms with E-state index < -0.39 is 0 Å². The van der Waals surface area contributed by atoms with Crippen molar-refractivity contribution in [2.75, 3.05) is 6.79 Å². The Balaban J connectivity index is 1.64. The number of aromatic nitrogens is 4. The predicted molar refractivity (Wildman–Crippen MR) is 100.0 cm³/mol. The predicted octanol–water partition coefficient (Wildman–Crippen LogP) is 3.12. The first-order valence-electron chi connectivity index (χ1n) is 8.63. The number of rotatable bonds is 3. The van der Waals surface area contributed by atoms with Gasteiger partial charge in [-0.25, -0.2) is 14.8 Å². The number of aromatic amines is 1. The molecule has 2 aromatic heterocycles. The summed E-state index contributed by atoms with van der Waals surface area (Å²) in [5, 5.41) is 0. The van der Waals surface area contributed by atoms with Crippen LogP contribution in [0.4, 0.5) is 0 Å². The minimum Gasteiger partial charge on any atom is -0.454 e. The summed E-state index contributed by atoms with van der Waals surface area (Å²) in [6, 6.07) is 15.3. The number of hydrogen-bond acceptors (Lipinski definition) is 5. The van der Waals surface area contributed by atoms with Crippen molar-refractivity contribution < 1.29 is 9.47 Å². The van der Waals surface area contributed by atoms with E-state index in [-0.39, 0.29) is 18.5 Å². The lowest BCUT2D eigenvalue weighted by Crippen LogP contribution is -2.21. The van der Waals surface area contributed by atoms with Gasteiger partial charge in [-0.05, 0) is 30.7 Å². The fraction of sp³-hybridized carbons (Fsp3) is 0.150. The highest BCUT2D eigenvalue weighted by Gasteiger charge is 2.19. The van der Waals surface area contributed by atoms with Gasteiger partial charge in [-0.3, -0.25) is 9.55 Å². The van der Waals surface area contributed by atoms with Crippen LogP contribution in [0, 0.1) is 0 Å². The Kier molecular flexibility index (Phi) is 3.46. The van der Waals surface area contributed by atoms with E-state index >= 15 is 0 Å². The molecular weight excluding hydrogens is 344 g/mol. The molecule has 1 aliphatic rings. The smallest absolute Gasteiger partial charge is 0.329 e. The number of fused-ring (bicyclic) bond motifs is 2. The lowest BCUT2D eigenvalue weighted by molar-refractivity contribution is 0.174. The lowest BCUT2D eigenvalue weighted by atomic mass is 10.1. The van der Waals surface area contributed by atoms with Gasteiger partial charge in [-0.1, -0.05) is 30.3 Å². The molecule has 0 bridgehead atoms. The van der Waals surface area contributed by atoms with Gasteiger partial charge in [0.15, 0.2) is 22.8 Å². The van der Waals surface area contributed by atoms with Crippen LogP contribution < -0.4 is 15.2 Å². The summed E-state index contributed by atoms with van der Waals surface area (Å²) in [6.07, 6.45) is 1.65. The Morgan fingerprint density at radius 3 is 2.78 bits per heavy atom. The number of ether oxygens (including phenoxy) is 2. The van der Waals surface area contributed by atoms with Gasteiger partial charge in [0, 0.05) is 5.56 Å². The van der Waals surface area contributed by atoms with Crippen molar-refractivity contribution in [2.24, 2.45) is 0 Å². The zero-order chi connectivity index (χ0) is 18.4. The molecule has 3 heterocycles. The van der Waals surface area contributed by atoms with Gasteiger partial charge in [0.2, 0.25) is 6.79 Å². The molecule has 1 aliphatic heterocycles. The SMILES string of the molecule is C[C@@H](c1ccccc1)n1c(=O)[nH]c2ncc(-c3ccc4c(c3)OCO4)nc21. The van der Waals surface area contributed by atoms with Crippen LogP contribution in [0.25, 0.3) is 22.6 Å². The zero-order valence-electron chi connectivity index (χ0n) is 14.5. The molecule has 5 rings (SSSR count). The number of H-pyrrole nitrogens is 1. The molecule has 0 spiro atoms. The van der Waals surface area contributed by atoms with E-state index in [1.807, 2.05) is 55.5 Å². The van der Waals surface area contributed by atoms with E-state index in [0.29, 0.717) is 28.5 Å². The van der Waals surface area contributed by atoms with Crippen LogP contribution in [0.1, 0.15) is 18.5 Å². The van der Waals surface area contributed by atoms with Gasteiger partial charge < -0.3 is 9.47 Å². The fourth-order valence-electron chi connectivity index (χ4n) is 3.33. The highest BCUT2D eigenvalue weighted by atomic mass is 16.7. The van der Waals surface area contributed by atoms with Crippen LogP contribution in [-0.4, -0.2) is 26.3 Å². The fourth-order valence-corrected chi connectivity index (χ4v) is 3.33. The first kappa shape index (κ1) is 15.6. The minimum absolute atomic E-state index is 0.172. The van der Waals surface area contributed by atoms with Crippen molar-refractivity contribution in [3.63, 3.8) is 0 Å². The first-order valence-corrected chi connectivity index (χ1v) is 8.63. The van der Waals surface area contributed by atoms with E-state index in [9.17, 15) is 4.79 Å². The van der Waals surface area contributed by atoms with Crippen molar-refractivity contribution in [2.45, 2.75) is 13.0 Å². The molecule has 1 atom stereocenters. The van der Waals surface area contributed by atoms with Crippen LogP contribution in [-0.2, 0) is 0 Å². The summed E-state index contributed by atoms with van der Waals surface area (Å²) in [6.45, 7) is 2.19. The van der Waals surface area contributed by atoms with Crippen LogP contribution in [0.3, 0.4) is 0 Å². The number of imidazole rings is 1. The molecule has 0 fully saturated rings. The number of hydrogen-bond donors (Lipinski definition) is 1. The largest absolute Gasteiger partial charge is 0.454 e. The Labute approximate surface area is 154 Å². The van der Waals surface area contributed by atoms with Gasteiger partial charge in [0.05, 0.1) is 17.9 Å². The van der Waals surface area contributed by atoms with E-state index in [0.717, 1.165) is 11.1 Å². The molecule has 0 radical (unpaired) electrons. The summed E-state index contributed by atoms with van der Waals surface area (Å²) >= 11 is 0. The van der Waals surface area contributed by atoms with Crippen molar-refractivity contribution in [1.82, 2.24) is 19.5 Å². The third-order valence-electron chi connectivity index (χ3n) is 4.76. The molecule has 4 aromatic rings. The molecule has 134 valence electrons. The summed E-state index contributed by atoms with van der Waals surface area (Å²) < 4.78 is 12.4. The normalized spacial score (nSPS) is 13.8. The Morgan fingerprint density at radius 2 is 1.93 bits per heavy atom. The Hall–Kier alpha value is -3.61. The quantitative estimate of drug-likeness (QED) is 0.607. The topological polar surface area (TPSA) is 82.0 Å². The number of nitrogens with one attached hydrogen (secondary N) is 1. The zero-order valence-corrected chi connectivity index (χ0v) is 14.5. The van der Waals surface area contributed by atoms with Crippen molar-refractivity contribution in [3.8, 4) is 22.8 Å². The van der Waals surface area contributed by atoms with E-state index in [1.165, 1.54) is 0 Å². The van der Waals surface area contributed by atoms with E-state index in [1.54, 1.807) is 10.8 Å². The second kappa shape index (κ2) is 5.98. The maximum Gasteiger partial charge on any atom is 0.329 e. The molecule has 0 unspecified atom stereocenters. The molecule has 27 heavy (non-hydrogen) atoms. The van der Waals surface area contributed by atoms with Crippen LogP contribution >= 0.6 is 0 Å². The van der Waals surface area contributed by atoms with Gasteiger partial charge >= 0.3 is 5.69 Å². The van der Waals surface area contributed by atoms with Gasteiger partial charge in [-0.2, -0.15) is 0 Å². The summed E-state index contributed by atoms with van der Waals surface area (Å²) in [5.41, 5.74) is 3.29. The number of benzene rings is 2. The van der Waals surface area contributed by atoms with Crippen molar-refractivity contribution >= 4 is 11.3 Å². The molecule has 0 amide bonds. The lowest BCUT2D eigenvalue weighted by Gasteiger charge is -2.13. The van der Waals surface area contributed by atoms with E-state index in [4.69, 9.17) is 14.5 Å². The highest BCUT2D eigenvalue weighted by molar-refractivity contribution is 5.72. The van der Waals surface area contributed by atoms with Gasteiger partial charge in [-0.15, -0.1) is 0 Å².